The molecule has 0 spiro atoms. The van der Waals surface area contributed by atoms with Crippen LogP contribution in [0.3, 0.4) is 0 Å². The second kappa shape index (κ2) is 7.75. The third-order valence-corrected chi connectivity index (χ3v) is 5.52. The number of likely N-dealkylation sites (tertiary alicyclic amines) is 1. The molecule has 1 fully saturated rings. The van der Waals surface area contributed by atoms with E-state index in [-0.39, 0.29) is 29.0 Å². The lowest BCUT2D eigenvalue weighted by Crippen LogP contribution is -2.38. The van der Waals surface area contributed by atoms with E-state index in [0.717, 1.165) is 0 Å². The fraction of sp³-hybridized carbons (Fsp3) is 0.400. The van der Waals surface area contributed by atoms with E-state index in [4.69, 9.17) is 8.85 Å². The molecule has 0 bridgehead atoms. The first kappa shape index (κ1) is 18.8. The number of benzene rings is 1. The number of anilines is 1. The second-order valence-corrected chi connectivity index (χ2v) is 8.09. The summed E-state index contributed by atoms with van der Waals surface area (Å²) < 4.78 is 97.1. The van der Waals surface area contributed by atoms with Crippen LogP contribution in [0.5, 0.6) is 5.88 Å². The predicted octanol–water partition coefficient (Wildman–Crippen LogP) is 3.07. The maximum absolute atomic E-state index is 14.3. The van der Waals surface area contributed by atoms with Gasteiger partial charge in [-0.1, -0.05) is 11.3 Å². The number of rotatable bonds is 5. The Morgan fingerprint density at radius 3 is 2.82 bits per heavy atom. The minimum Gasteiger partial charge on any atom is -0.479 e. The van der Waals surface area contributed by atoms with Gasteiger partial charge in [0, 0.05) is 18.3 Å². The number of fused-ring (bicyclic) bond motifs is 2. The lowest BCUT2D eigenvalue weighted by Gasteiger charge is -2.19. The highest BCUT2D eigenvalue weighted by Crippen LogP contribution is 2.34. The van der Waals surface area contributed by atoms with Gasteiger partial charge in [0.05, 0.1) is 23.2 Å². The number of hydrogen-bond acceptors (Lipinski definition) is 7. The molecule has 0 amide bonds. The van der Waals surface area contributed by atoms with Crippen LogP contribution < -0.4 is 10.1 Å². The Morgan fingerprint density at radius 2 is 2.12 bits per heavy atom. The molecule has 1 N–H and O–H groups in total. The standard InChI is InChI=1S/C20H19F5N8O/c1-31-8-15(19(21,22)9-31)26-18-27-17(34-2)16-12(5-6-32(16)29-18)11-3-4-13-14(7-11)33(30-28-13)10-20(23,24)25/h3-7,15H,8-10H2,1-2H3,(H,26,29)/t15-/m1/s1/i2D3. The van der Waals surface area contributed by atoms with Crippen LogP contribution >= 0.6 is 0 Å². The van der Waals surface area contributed by atoms with E-state index < -0.39 is 44.1 Å². The monoisotopic (exact) mass is 485 g/mol. The lowest BCUT2D eigenvalue weighted by atomic mass is 10.1. The normalized spacial score (nSPS) is 20.4. The summed E-state index contributed by atoms with van der Waals surface area (Å²) in [7, 11) is -1.40. The third kappa shape index (κ3) is 3.97. The first-order valence-corrected chi connectivity index (χ1v) is 10.0. The molecule has 1 aliphatic rings. The van der Waals surface area contributed by atoms with Gasteiger partial charge in [0.15, 0.2) is 0 Å². The van der Waals surface area contributed by atoms with E-state index in [2.05, 4.69) is 25.7 Å². The molecule has 9 nitrogen and oxygen atoms in total. The maximum atomic E-state index is 14.3. The molecule has 5 rings (SSSR count). The molecule has 1 aliphatic heterocycles. The lowest BCUT2D eigenvalue weighted by molar-refractivity contribution is -0.142. The average molecular weight is 485 g/mol. The molecule has 1 saturated heterocycles. The average Bonchev–Trinajstić information content (AvgIpc) is 3.41. The molecule has 180 valence electrons. The first-order chi connectivity index (χ1) is 17.2. The van der Waals surface area contributed by atoms with Gasteiger partial charge in [0.25, 0.3) is 5.92 Å². The zero-order chi connectivity index (χ0) is 26.8. The van der Waals surface area contributed by atoms with Crippen molar-refractivity contribution in [3.63, 3.8) is 0 Å². The van der Waals surface area contributed by atoms with Gasteiger partial charge in [-0.05, 0) is 30.8 Å². The molecule has 14 heteroatoms. The van der Waals surface area contributed by atoms with Crippen molar-refractivity contribution >= 4 is 22.5 Å². The van der Waals surface area contributed by atoms with E-state index in [1.165, 1.54) is 40.9 Å². The number of likely N-dealkylation sites (N-methyl/N-ethyl adjacent to an activating group) is 1. The number of aromatic nitrogens is 6. The van der Waals surface area contributed by atoms with Crippen molar-refractivity contribution in [3.8, 4) is 17.0 Å². The zero-order valence-electron chi connectivity index (χ0n) is 20.5. The van der Waals surface area contributed by atoms with Crippen molar-refractivity contribution in [3.05, 3.63) is 30.5 Å². The Bertz CT molecular complexity index is 1470. The SMILES string of the molecule is [2H]C([2H])([2H])Oc1nc(N[C@@H]2CN(C)CC2(F)F)nn2ccc(-c3ccc4nnn(CC(F)(F)F)c4c3)c12. The van der Waals surface area contributed by atoms with Gasteiger partial charge in [-0.2, -0.15) is 18.2 Å². The number of nitrogens with one attached hydrogen (secondary N) is 1. The van der Waals surface area contributed by atoms with E-state index in [0.29, 0.717) is 15.8 Å². The Hall–Kier alpha value is -3.55. The molecule has 34 heavy (non-hydrogen) atoms. The molecular weight excluding hydrogens is 463 g/mol. The molecule has 1 aromatic carbocycles. The van der Waals surface area contributed by atoms with Crippen LogP contribution in [0, 0.1) is 0 Å². The van der Waals surface area contributed by atoms with Crippen LogP contribution in [0.15, 0.2) is 30.5 Å². The predicted molar refractivity (Wildman–Crippen MR) is 112 cm³/mol. The quantitative estimate of drug-likeness (QED) is 0.435. The third-order valence-electron chi connectivity index (χ3n) is 5.52. The molecule has 0 aliphatic carbocycles. The molecule has 1 atom stereocenters. The highest BCUT2D eigenvalue weighted by molar-refractivity contribution is 5.89. The Labute approximate surface area is 193 Å². The Morgan fingerprint density at radius 1 is 1.29 bits per heavy atom. The number of hydrogen-bond donors (Lipinski definition) is 1. The minimum atomic E-state index is -4.53. The molecule has 4 heterocycles. The smallest absolute Gasteiger partial charge is 0.408 e. The first-order valence-electron chi connectivity index (χ1n) is 11.5. The zero-order valence-corrected chi connectivity index (χ0v) is 17.5. The molecule has 0 radical (unpaired) electrons. The van der Waals surface area contributed by atoms with Crippen molar-refractivity contribution in [2.75, 3.05) is 32.5 Å². The number of halogens is 5. The van der Waals surface area contributed by atoms with Crippen LogP contribution in [0.2, 0.25) is 0 Å². The van der Waals surface area contributed by atoms with E-state index in [1.54, 1.807) is 6.07 Å². The Balaban J connectivity index is 1.59. The van der Waals surface area contributed by atoms with Gasteiger partial charge in [-0.25, -0.2) is 18.0 Å². The number of ether oxygens (including phenoxy) is 1. The summed E-state index contributed by atoms with van der Waals surface area (Å²) >= 11 is 0. The molecule has 3 aromatic heterocycles. The van der Waals surface area contributed by atoms with Crippen LogP contribution in [-0.2, 0) is 6.54 Å². The van der Waals surface area contributed by atoms with E-state index in [1.807, 2.05) is 0 Å². The largest absolute Gasteiger partial charge is 0.479 e. The van der Waals surface area contributed by atoms with Crippen LogP contribution in [0.25, 0.3) is 27.7 Å². The highest BCUT2D eigenvalue weighted by atomic mass is 19.4. The summed E-state index contributed by atoms with van der Waals surface area (Å²) in [6, 6.07) is 4.64. The van der Waals surface area contributed by atoms with Crippen LogP contribution in [0.4, 0.5) is 27.9 Å². The van der Waals surface area contributed by atoms with E-state index >= 15 is 0 Å². The minimum absolute atomic E-state index is 0.000441. The van der Waals surface area contributed by atoms with Crippen molar-refractivity contribution < 1.29 is 30.8 Å². The van der Waals surface area contributed by atoms with Crippen LogP contribution in [-0.4, -0.2) is 79.8 Å². The summed E-state index contributed by atoms with van der Waals surface area (Å²) in [5.74, 6) is -3.78. The van der Waals surface area contributed by atoms with Gasteiger partial charge in [0.2, 0.25) is 11.8 Å². The van der Waals surface area contributed by atoms with Crippen molar-refractivity contribution in [2.24, 2.45) is 0 Å². The Kier molecular flexibility index (Phi) is 4.29. The van der Waals surface area contributed by atoms with Gasteiger partial charge in [-0.15, -0.1) is 10.2 Å². The number of alkyl halides is 5. The van der Waals surface area contributed by atoms with Crippen molar-refractivity contribution in [1.82, 2.24) is 34.5 Å². The molecule has 4 aromatic rings. The van der Waals surface area contributed by atoms with Gasteiger partial charge < -0.3 is 10.1 Å². The summed E-state index contributed by atoms with van der Waals surface area (Å²) in [6.07, 6.45) is -3.10. The molecule has 0 saturated carbocycles. The van der Waals surface area contributed by atoms with Crippen LogP contribution in [0.1, 0.15) is 4.11 Å². The van der Waals surface area contributed by atoms with Crippen molar-refractivity contribution in [2.45, 2.75) is 24.7 Å². The topological polar surface area (TPSA) is 85.4 Å². The van der Waals surface area contributed by atoms with E-state index in [9.17, 15) is 22.0 Å². The summed E-state index contributed by atoms with van der Waals surface area (Å²) in [6.45, 7) is -1.82. The van der Waals surface area contributed by atoms with Crippen molar-refractivity contribution in [1.29, 1.82) is 0 Å². The second-order valence-electron chi connectivity index (χ2n) is 8.09. The van der Waals surface area contributed by atoms with Gasteiger partial charge >= 0.3 is 6.18 Å². The summed E-state index contributed by atoms with van der Waals surface area (Å²) in [5, 5.41) is 14.0. The fourth-order valence-corrected chi connectivity index (χ4v) is 4.06. The fourth-order valence-electron chi connectivity index (χ4n) is 4.06. The number of methoxy groups -OCH3 is 1. The number of nitrogens with zero attached hydrogens (tertiary/aromatic N) is 7. The highest BCUT2D eigenvalue weighted by Gasteiger charge is 2.47. The van der Waals surface area contributed by atoms with Gasteiger partial charge in [-0.3, -0.25) is 4.90 Å². The summed E-state index contributed by atoms with van der Waals surface area (Å²) in [5.41, 5.74) is 1.11. The van der Waals surface area contributed by atoms with Gasteiger partial charge in [0.1, 0.15) is 23.6 Å². The molecule has 0 unspecified atom stereocenters. The maximum Gasteiger partial charge on any atom is 0.408 e. The molecular formula is C20H19F5N8O. The summed E-state index contributed by atoms with van der Waals surface area (Å²) in [4.78, 5) is 5.49.